The van der Waals surface area contributed by atoms with E-state index >= 15 is 0 Å². The van der Waals surface area contributed by atoms with Crippen LogP contribution in [0.3, 0.4) is 0 Å². The molecule has 3 aromatic heterocycles. The number of aryl methyl sites for hydroxylation is 2. The predicted octanol–water partition coefficient (Wildman–Crippen LogP) is 3.36. The fraction of sp³-hybridized carbons (Fsp3) is 0.308. The summed E-state index contributed by atoms with van der Waals surface area (Å²) in [7, 11) is 1.75. The van der Waals surface area contributed by atoms with Gasteiger partial charge in [0.05, 0.1) is 22.1 Å². The van der Waals surface area contributed by atoms with Gasteiger partial charge in [-0.2, -0.15) is 23.4 Å². The average Bonchev–Trinajstić information content (AvgIpc) is 2.93. The standard InChI is InChI=1S/C13H11ClF3N5/c1-7-11-12(22(20-7)6-13(15,16)17)8(14)5-9(19-11)10-3-4-18-21(10)2/h3-5H,6H2,1-2H3. The van der Waals surface area contributed by atoms with E-state index in [0.717, 1.165) is 4.68 Å². The van der Waals surface area contributed by atoms with Crippen LogP contribution < -0.4 is 0 Å². The predicted molar refractivity (Wildman–Crippen MR) is 75.5 cm³/mol. The average molecular weight is 330 g/mol. The molecule has 0 bridgehead atoms. The van der Waals surface area contributed by atoms with Crippen LogP contribution in [0.1, 0.15) is 5.69 Å². The van der Waals surface area contributed by atoms with Crippen molar-refractivity contribution in [2.45, 2.75) is 19.6 Å². The van der Waals surface area contributed by atoms with Crippen molar-refractivity contribution in [1.29, 1.82) is 0 Å². The molecule has 0 saturated heterocycles. The van der Waals surface area contributed by atoms with Gasteiger partial charge in [-0.3, -0.25) is 9.36 Å². The highest BCUT2D eigenvalue weighted by Gasteiger charge is 2.30. The van der Waals surface area contributed by atoms with E-state index in [0.29, 0.717) is 22.6 Å². The van der Waals surface area contributed by atoms with E-state index in [1.54, 1.807) is 30.9 Å². The van der Waals surface area contributed by atoms with Gasteiger partial charge in [0.15, 0.2) is 0 Å². The maximum absolute atomic E-state index is 12.6. The maximum atomic E-state index is 12.6. The highest BCUT2D eigenvalue weighted by atomic mass is 35.5. The monoisotopic (exact) mass is 329 g/mol. The number of rotatable bonds is 2. The molecule has 0 fully saturated rings. The lowest BCUT2D eigenvalue weighted by Gasteiger charge is -2.09. The molecule has 0 saturated carbocycles. The molecule has 5 nitrogen and oxygen atoms in total. The quantitative estimate of drug-likeness (QED) is 0.724. The Morgan fingerprint density at radius 1 is 1.32 bits per heavy atom. The highest BCUT2D eigenvalue weighted by Crippen LogP contribution is 2.31. The molecule has 3 heterocycles. The number of alkyl halides is 3. The minimum Gasteiger partial charge on any atom is -0.266 e. The largest absolute Gasteiger partial charge is 0.408 e. The van der Waals surface area contributed by atoms with E-state index in [1.807, 2.05) is 0 Å². The molecule has 3 rings (SSSR count). The van der Waals surface area contributed by atoms with E-state index in [9.17, 15) is 13.2 Å². The van der Waals surface area contributed by atoms with Gasteiger partial charge in [0, 0.05) is 13.2 Å². The summed E-state index contributed by atoms with van der Waals surface area (Å²) in [4.78, 5) is 4.39. The Bertz CT molecular complexity index is 849. The first kappa shape index (κ1) is 14.8. The number of hydrogen-bond donors (Lipinski definition) is 0. The second-order valence-electron chi connectivity index (χ2n) is 4.88. The Morgan fingerprint density at radius 3 is 2.64 bits per heavy atom. The summed E-state index contributed by atoms with van der Waals surface area (Å²) in [6.07, 6.45) is -2.77. The number of pyridine rings is 1. The molecule has 22 heavy (non-hydrogen) atoms. The van der Waals surface area contributed by atoms with Crippen LogP contribution in [0.5, 0.6) is 0 Å². The van der Waals surface area contributed by atoms with Crippen LogP contribution in [-0.2, 0) is 13.6 Å². The molecule has 0 spiro atoms. The van der Waals surface area contributed by atoms with E-state index in [2.05, 4.69) is 15.2 Å². The normalized spacial score (nSPS) is 12.3. The van der Waals surface area contributed by atoms with Crippen molar-refractivity contribution in [1.82, 2.24) is 24.5 Å². The summed E-state index contributed by atoms with van der Waals surface area (Å²) in [5.41, 5.74) is 2.18. The molecule has 0 aromatic carbocycles. The van der Waals surface area contributed by atoms with Crippen molar-refractivity contribution >= 4 is 22.6 Å². The molecular formula is C13H11ClF3N5. The van der Waals surface area contributed by atoms with Gasteiger partial charge in [-0.05, 0) is 19.1 Å². The zero-order valence-corrected chi connectivity index (χ0v) is 12.4. The van der Waals surface area contributed by atoms with Crippen LogP contribution in [0.2, 0.25) is 5.02 Å². The number of hydrogen-bond acceptors (Lipinski definition) is 3. The lowest BCUT2D eigenvalue weighted by Crippen LogP contribution is -2.18. The van der Waals surface area contributed by atoms with Crippen molar-refractivity contribution in [3.05, 3.63) is 29.0 Å². The van der Waals surface area contributed by atoms with Gasteiger partial charge in [-0.25, -0.2) is 4.98 Å². The third kappa shape index (κ3) is 2.54. The van der Waals surface area contributed by atoms with Gasteiger partial charge in [0.25, 0.3) is 0 Å². The van der Waals surface area contributed by atoms with Crippen molar-refractivity contribution in [2.75, 3.05) is 0 Å². The second kappa shape index (κ2) is 4.98. The van der Waals surface area contributed by atoms with Gasteiger partial charge in [-0.1, -0.05) is 11.6 Å². The van der Waals surface area contributed by atoms with Crippen molar-refractivity contribution in [3.8, 4) is 11.4 Å². The lowest BCUT2D eigenvalue weighted by atomic mass is 10.2. The SMILES string of the molecule is Cc1nn(CC(F)(F)F)c2c(Cl)cc(-c3ccnn3C)nc12. The van der Waals surface area contributed by atoms with Crippen LogP contribution in [0.15, 0.2) is 18.3 Å². The zero-order valence-electron chi connectivity index (χ0n) is 11.7. The topological polar surface area (TPSA) is 48.5 Å². The Morgan fingerprint density at radius 2 is 2.05 bits per heavy atom. The third-order valence-electron chi connectivity index (χ3n) is 3.23. The zero-order chi connectivity index (χ0) is 16.1. The van der Waals surface area contributed by atoms with Gasteiger partial charge >= 0.3 is 6.18 Å². The van der Waals surface area contributed by atoms with Crippen molar-refractivity contribution in [3.63, 3.8) is 0 Å². The van der Waals surface area contributed by atoms with Gasteiger partial charge in [0.2, 0.25) is 0 Å². The smallest absolute Gasteiger partial charge is 0.266 e. The van der Waals surface area contributed by atoms with Crippen LogP contribution in [0.4, 0.5) is 13.2 Å². The number of nitrogens with zero attached hydrogens (tertiary/aromatic N) is 5. The molecule has 0 aliphatic heterocycles. The van der Waals surface area contributed by atoms with E-state index in [-0.39, 0.29) is 10.5 Å². The van der Waals surface area contributed by atoms with Gasteiger partial charge in [-0.15, -0.1) is 0 Å². The van der Waals surface area contributed by atoms with Gasteiger partial charge < -0.3 is 0 Å². The van der Waals surface area contributed by atoms with Crippen molar-refractivity contribution < 1.29 is 13.2 Å². The molecule has 116 valence electrons. The molecule has 0 atom stereocenters. The fourth-order valence-electron chi connectivity index (χ4n) is 2.32. The van der Waals surface area contributed by atoms with E-state index in [1.165, 1.54) is 6.07 Å². The molecule has 3 aromatic rings. The Kier molecular flexibility index (Phi) is 3.36. The summed E-state index contributed by atoms with van der Waals surface area (Å²) < 4.78 is 40.3. The summed E-state index contributed by atoms with van der Waals surface area (Å²) in [6, 6.07) is 3.27. The molecule has 0 amide bonds. The summed E-state index contributed by atoms with van der Waals surface area (Å²) in [5.74, 6) is 0. The van der Waals surface area contributed by atoms with Crippen LogP contribution in [-0.4, -0.2) is 30.7 Å². The number of fused-ring (bicyclic) bond motifs is 1. The Balaban J connectivity index is 2.20. The van der Waals surface area contributed by atoms with Crippen LogP contribution in [0, 0.1) is 6.92 Å². The molecule has 0 aliphatic rings. The Labute approximate surface area is 128 Å². The summed E-state index contributed by atoms with van der Waals surface area (Å²) in [6.45, 7) is 0.398. The van der Waals surface area contributed by atoms with Crippen LogP contribution >= 0.6 is 11.6 Å². The first-order valence-electron chi connectivity index (χ1n) is 6.35. The lowest BCUT2D eigenvalue weighted by molar-refractivity contribution is -0.141. The number of aromatic nitrogens is 5. The molecule has 0 radical (unpaired) electrons. The van der Waals surface area contributed by atoms with Gasteiger partial charge in [0.1, 0.15) is 17.6 Å². The van der Waals surface area contributed by atoms with Crippen LogP contribution in [0.25, 0.3) is 22.4 Å². The third-order valence-corrected chi connectivity index (χ3v) is 3.52. The first-order chi connectivity index (χ1) is 10.3. The molecule has 0 unspecified atom stereocenters. The minimum atomic E-state index is -4.38. The fourth-order valence-corrected chi connectivity index (χ4v) is 2.61. The molecule has 0 N–H and O–H groups in total. The number of halogens is 4. The molecular weight excluding hydrogens is 319 g/mol. The summed E-state index contributed by atoms with van der Waals surface area (Å²) in [5, 5.41) is 8.12. The molecule has 0 aliphatic carbocycles. The Hall–Kier alpha value is -2.09. The second-order valence-corrected chi connectivity index (χ2v) is 5.29. The molecule has 9 heteroatoms. The highest BCUT2D eigenvalue weighted by molar-refractivity contribution is 6.35. The summed E-state index contributed by atoms with van der Waals surface area (Å²) >= 11 is 6.18. The van der Waals surface area contributed by atoms with Crippen molar-refractivity contribution in [2.24, 2.45) is 7.05 Å². The van der Waals surface area contributed by atoms with E-state index in [4.69, 9.17) is 11.6 Å². The van der Waals surface area contributed by atoms with E-state index < -0.39 is 12.7 Å². The maximum Gasteiger partial charge on any atom is 0.408 e. The minimum absolute atomic E-state index is 0.172. The first-order valence-corrected chi connectivity index (χ1v) is 6.73.